The van der Waals surface area contributed by atoms with Gasteiger partial charge in [-0.05, 0) is 31.5 Å². The molecule has 0 aliphatic rings. The third-order valence-electron chi connectivity index (χ3n) is 3.49. The summed E-state index contributed by atoms with van der Waals surface area (Å²) in [5.74, 6) is 0.194. The number of carbonyl (C=O) groups is 2. The highest BCUT2D eigenvalue weighted by molar-refractivity contribution is 6.12. The number of aromatic nitrogens is 1. The first-order valence-corrected chi connectivity index (χ1v) is 6.94. The van der Waals surface area contributed by atoms with Gasteiger partial charge in [-0.2, -0.15) is 0 Å². The molecule has 0 saturated carbocycles. The molecule has 1 N–H and O–H groups in total. The van der Waals surface area contributed by atoms with E-state index in [2.05, 4.69) is 4.98 Å². The highest BCUT2D eigenvalue weighted by Crippen LogP contribution is 2.33. The van der Waals surface area contributed by atoms with Crippen molar-refractivity contribution in [3.63, 3.8) is 0 Å². The summed E-state index contributed by atoms with van der Waals surface area (Å²) in [6, 6.07) is 3.47. The molecule has 1 aromatic carbocycles. The fraction of sp³-hybridized carbons (Fsp3) is 0.375. The van der Waals surface area contributed by atoms with Gasteiger partial charge in [0.2, 0.25) is 0 Å². The molecule has 1 aromatic heterocycles. The number of esters is 1. The number of hydrogen-bond donors (Lipinski definition) is 1. The maximum Gasteiger partial charge on any atom is 0.355 e. The fourth-order valence-corrected chi connectivity index (χ4v) is 2.44. The van der Waals surface area contributed by atoms with Crippen LogP contribution in [0.4, 0.5) is 0 Å². The van der Waals surface area contributed by atoms with Crippen LogP contribution in [0.5, 0.6) is 5.75 Å². The van der Waals surface area contributed by atoms with E-state index in [0.29, 0.717) is 41.1 Å². The van der Waals surface area contributed by atoms with Crippen molar-refractivity contribution in [1.82, 2.24) is 4.98 Å². The maximum atomic E-state index is 12.1. The zero-order valence-corrected chi connectivity index (χ0v) is 12.7. The molecule has 5 heteroatoms. The minimum atomic E-state index is -0.428. The number of benzene rings is 1. The Hall–Kier alpha value is -2.30. The van der Waals surface area contributed by atoms with E-state index in [9.17, 15) is 9.59 Å². The number of ether oxygens (including phenoxy) is 2. The molecule has 0 atom stereocenters. The summed E-state index contributed by atoms with van der Waals surface area (Å²) >= 11 is 0. The van der Waals surface area contributed by atoms with E-state index in [0.717, 1.165) is 5.39 Å². The number of hydrogen-bond acceptors (Lipinski definition) is 4. The van der Waals surface area contributed by atoms with Gasteiger partial charge >= 0.3 is 5.97 Å². The minimum Gasteiger partial charge on any atom is -0.495 e. The number of aromatic amines is 1. The number of nitrogens with one attached hydrogen (secondary N) is 1. The van der Waals surface area contributed by atoms with Gasteiger partial charge in [-0.25, -0.2) is 4.79 Å². The summed E-state index contributed by atoms with van der Waals surface area (Å²) in [7, 11) is 1.55. The van der Waals surface area contributed by atoms with Crippen molar-refractivity contribution in [1.29, 1.82) is 0 Å². The molecule has 0 bridgehead atoms. The Morgan fingerprint density at radius 2 is 1.95 bits per heavy atom. The van der Waals surface area contributed by atoms with Crippen molar-refractivity contribution < 1.29 is 19.1 Å². The molecule has 0 unspecified atom stereocenters. The molecule has 0 spiro atoms. The number of carbonyl (C=O) groups excluding carboxylic acids is 2. The molecule has 2 rings (SSSR count). The topological polar surface area (TPSA) is 68.4 Å². The van der Waals surface area contributed by atoms with Gasteiger partial charge in [-0.15, -0.1) is 0 Å². The molecule has 1 heterocycles. The average molecular weight is 289 g/mol. The highest BCUT2D eigenvalue weighted by Gasteiger charge is 2.22. The average Bonchev–Trinajstić information content (AvgIpc) is 2.84. The fourth-order valence-electron chi connectivity index (χ4n) is 2.44. The number of methoxy groups -OCH3 is 1. The Morgan fingerprint density at radius 3 is 2.52 bits per heavy atom. The number of aryl methyl sites for hydroxylation is 1. The van der Waals surface area contributed by atoms with E-state index < -0.39 is 5.97 Å². The normalized spacial score (nSPS) is 10.7. The first kappa shape index (κ1) is 15.1. The van der Waals surface area contributed by atoms with Crippen LogP contribution in [0.25, 0.3) is 10.9 Å². The third-order valence-corrected chi connectivity index (χ3v) is 3.49. The Labute approximate surface area is 123 Å². The first-order chi connectivity index (χ1) is 10.0. The van der Waals surface area contributed by atoms with E-state index in [1.807, 2.05) is 6.92 Å². The van der Waals surface area contributed by atoms with Gasteiger partial charge in [-0.1, -0.05) is 6.92 Å². The van der Waals surface area contributed by atoms with Gasteiger partial charge in [0.15, 0.2) is 5.78 Å². The molecule has 5 nitrogen and oxygen atoms in total. The zero-order valence-electron chi connectivity index (χ0n) is 12.7. The van der Waals surface area contributed by atoms with E-state index in [1.54, 1.807) is 33.1 Å². The highest BCUT2D eigenvalue weighted by atomic mass is 16.5. The van der Waals surface area contributed by atoms with E-state index >= 15 is 0 Å². The lowest BCUT2D eigenvalue weighted by molar-refractivity contribution is 0.0519. The second kappa shape index (κ2) is 5.99. The molecule has 0 saturated heterocycles. The number of ketones is 1. The van der Waals surface area contributed by atoms with Crippen LogP contribution in [0.15, 0.2) is 12.1 Å². The van der Waals surface area contributed by atoms with Gasteiger partial charge < -0.3 is 14.5 Å². The van der Waals surface area contributed by atoms with E-state index in [1.165, 1.54) is 0 Å². The Balaban J connectivity index is 2.75. The molecular weight excluding hydrogens is 270 g/mol. The second-order valence-electron chi connectivity index (χ2n) is 4.69. The van der Waals surface area contributed by atoms with E-state index in [-0.39, 0.29) is 5.78 Å². The lowest BCUT2D eigenvalue weighted by atomic mass is 10.0. The molecule has 0 radical (unpaired) electrons. The summed E-state index contributed by atoms with van der Waals surface area (Å²) in [5, 5.41) is 0.726. The largest absolute Gasteiger partial charge is 0.495 e. The van der Waals surface area contributed by atoms with E-state index in [4.69, 9.17) is 9.47 Å². The molecule has 0 aliphatic carbocycles. The van der Waals surface area contributed by atoms with Gasteiger partial charge in [0.1, 0.15) is 11.4 Å². The summed E-state index contributed by atoms with van der Waals surface area (Å²) < 4.78 is 10.4. The van der Waals surface area contributed by atoms with Gasteiger partial charge in [0.05, 0.1) is 19.2 Å². The number of fused-ring (bicyclic) bond motifs is 1. The van der Waals surface area contributed by atoms with Gasteiger partial charge in [0.25, 0.3) is 0 Å². The van der Waals surface area contributed by atoms with Crippen LogP contribution < -0.4 is 4.74 Å². The maximum absolute atomic E-state index is 12.1. The summed E-state index contributed by atoms with van der Waals surface area (Å²) in [6.45, 7) is 5.66. The van der Waals surface area contributed by atoms with Crippen molar-refractivity contribution in [2.24, 2.45) is 0 Å². The number of Topliss-reactive ketones (excluding diaryl/α,β-unsaturated/α-hetero) is 1. The quantitative estimate of drug-likeness (QED) is 0.677. The molecule has 21 heavy (non-hydrogen) atoms. The Bertz CT molecular complexity index is 700. The second-order valence-corrected chi connectivity index (χ2v) is 4.69. The van der Waals surface area contributed by atoms with Crippen molar-refractivity contribution in [3.8, 4) is 5.75 Å². The summed E-state index contributed by atoms with van der Waals surface area (Å²) in [4.78, 5) is 27.2. The number of rotatable bonds is 5. The van der Waals surface area contributed by atoms with Crippen LogP contribution in [-0.4, -0.2) is 30.5 Å². The lowest BCUT2D eigenvalue weighted by Crippen LogP contribution is -2.06. The van der Waals surface area contributed by atoms with Crippen LogP contribution in [0.2, 0.25) is 0 Å². The van der Waals surface area contributed by atoms with Crippen LogP contribution >= 0.6 is 0 Å². The Kier molecular flexibility index (Phi) is 4.31. The molecule has 0 amide bonds. The van der Waals surface area contributed by atoms with Crippen LogP contribution in [0.1, 0.15) is 46.7 Å². The molecule has 0 aliphatic heterocycles. The summed E-state index contributed by atoms with van der Waals surface area (Å²) in [6.07, 6.45) is 0.404. The third kappa shape index (κ3) is 2.51. The smallest absolute Gasteiger partial charge is 0.355 e. The SMILES string of the molecule is CCOC(=O)c1[nH]c2c(OC)ccc(C(=O)CC)c2c1C. The van der Waals surface area contributed by atoms with Crippen molar-refractivity contribution in [2.45, 2.75) is 27.2 Å². The molecule has 0 fully saturated rings. The zero-order chi connectivity index (χ0) is 15.6. The van der Waals surface area contributed by atoms with Crippen molar-refractivity contribution in [3.05, 3.63) is 29.0 Å². The lowest BCUT2D eigenvalue weighted by Gasteiger charge is -2.06. The predicted octanol–water partition coefficient (Wildman–Crippen LogP) is 3.25. The Morgan fingerprint density at radius 1 is 1.24 bits per heavy atom. The van der Waals surface area contributed by atoms with Crippen LogP contribution in [0.3, 0.4) is 0 Å². The standard InChI is InChI=1S/C16H19NO4/c1-5-11(18)10-7-8-12(20-4)15-13(10)9(3)14(17-15)16(19)21-6-2/h7-8,17H,5-6H2,1-4H3. The number of H-pyrrole nitrogens is 1. The molecular formula is C16H19NO4. The van der Waals surface area contributed by atoms with Crippen molar-refractivity contribution in [2.75, 3.05) is 13.7 Å². The monoisotopic (exact) mass is 289 g/mol. The van der Waals surface area contributed by atoms with Gasteiger partial charge in [-0.3, -0.25) is 4.79 Å². The minimum absolute atomic E-state index is 0.0279. The van der Waals surface area contributed by atoms with Crippen LogP contribution in [0, 0.1) is 6.92 Å². The molecule has 2 aromatic rings. The molecule has 112 valence electrons. The van der Waals surface area contributed by atoms with Gasteiger partial charge in [0, 0.05) is 17.4 Å². The summed E-state index contributed by atoms with van der Waals surface area (Å²) in [5.41, 5.74) is 2.32. The van der Waals surface area contributed by atoms with Crippen LogP contribution in [-0.2, 0) is 4.74 Å². The first-order valence-electron chi connectivity index (χ1n) is 6.94. The predicted molar refractivity (Wildman–Crippen MR) is 80.2 cm³/mol. The van der Waals surface area contributed by atoms with Crippen molar-refractivity contribution >= 4 is 22.7 Å².